The Bertz CT molecular complexity index is 1040. The average molecular weight is 693 g/mol. The summed E-state index contributed by atoms with van der Waals surface area (Å²) in [6.07, 6.45) is 14.0. The Balaban J connectivity index is 3.19. The molecular weight excluding hydrogens is 621 g/mol. The molecule has 8 heteroatoms. The van der Waals surface area contributed by atoms with E-state index in [4.69, 9.17) is 23.4 Å². The minimum atomic E-state index is -2.12. The molecule has 1 aliphatic heterocycles. The van der Waals surface area contributed by atoms with E-state index < -0.39 is 14.4 Å². The van der Waals surface area contributed by atoms with E-state index in [1.54, 1.807) is 20.3 Å². The molecule has 1 saturated heterocycles. The van der Waals surface area contributed by atoms with Gasteiger partial charge in [-0.15, -0.1) is 0 Å². The number of hydrogen-bond acceptors (Lipinski definition) is 7. The van der Waals surface area contributed by atoms with Crippen LogP contribution in [0.25, 0.3) is 0 Å². The molecule has 1 rings (SSSR count). The van der Waals surface area contributed by atoms with Gasteiger partial charge in [-0.2, -0.15) is 0 Å². The van der Waals surface area contributed by atoms with Gasteiger partial charge in [0.25, 0.3) is 0 Å². The van der Waals surface area contributed by atoms with Crippen molar-refractivity contribution in [1.29, 1.82) is 0 Å². The van der Waals surface area contributed by atoms with Crippen LogP contribution in [-0.2, 0) is 28.2 Å². The van der Waals surface area contributed by atoms with E-state index in [1.165, 1.54) is 5.57 Å². The number of aliphatic hydroxyl groups is 1. The topological polar surface area (TPSA) is 83.5 Å². The van der Waals surface area contributed by atoms with Gasteiger partial charge in [-0.3, -0.25) is 4.79 Å². The standard InChI is InChI=1S/C40H72O7Si/c1-16-17-18-29(4)37(42)33(8)39(47-48(14,15)40(9,10)11)32(7)24-27(2)23-31(6)38(45-26-43-12)30(5)19-21-34(44-13)25-35-28(3)20-22-36(41)46-35/h16-19,21,23,28-35,37-39,42H,1,20,22,24-26H2,2-15H3/b18-17-,21-19-,27-23-/t28-,29+,30+,31+,32+,33-,34-,35+,37+,38+,39-/m1/s1. The van der Waals surface area contributed by atoms with Crippen LogP contribution in [0.2, 0.25) is 18.1 Å². The molecule has 48 heavy (non-hydrogen) atoms. The van der Waals surface area contributed by atoms with Gasteiger partial charge in [-0.05, 0) is 49.7 Å². The number of methoxy groups -OCH3 is 2. The second-order valence-electron chi connectivity index (χ2n) is 16.1. The minimum Gasteiger partial charge on any atom is -0.462 e. The highest BCUT2D eigenvalue weighted by atomic mass is 28.4. The summed E-state index contributed by atoms with van der Waals surface area (Å²) in [6.45, 7) is 30.5. The van der Waals surface area contributed by atoms with Crippen molar-refractivity contribution >= 4 is 14.3 Å². The van der Waals surface area contributed by atoms with Crippen molar-refractivity contribution < 1.29 is 33.3 Å². The number of hydrogen-bond donors (Lipinski definition) is 1. The molecule has 0 spiro atoms. The van der Waals surface area contributed by atoms with Crippen molar-refractivity contribution in [1.82, 2.24) is 0 Å². The Hall–Kier alpha value is -1.55. The first-order valence-electron chi connectivity index (χ1n) is 18.1. The molecule has 11 atom stereocenters. The zero-order valence-electron chi connectivity index (χ0n) is 33.0. The number of ether oxygens (including phenoxy) is 4. The molecule has 7 nitrogen and oxygen atoms in total. The second-order valence-corrected chi connectivity index (χ2v) is 20.8. The normalized spacial score (nSPS) is 24.1. The quantitative estimate of drug-likeness (QED) is 0.0422. The van der Waals surface area contributed by atoms with Crippen molar-refractivity contribution in [2.45, 2.75) is 144 Å². The molecule has 278 valence electrons. The van der Waals surface area contributed by atoms with Gasteiger partial charge in [0.2, 0.25) is 0 Å². The largest absolute Gasteiger partial charge is 0.462 e. The van der Waals surface area contributed by atoms with Gasteiger partial charge in [0.05, 0.1) is 24.4 Å². The highest BCUT2D eigenvalue weighted by Crippen LogP contribution is 2.41. The predicted octanol–water partition coefficient (Wildman–Crippen LogP) is 9.29. The zero-order chi connectivity index (χ0) is 36.8. The lowest BCUT2D eigenvalue weighted by Crippen LogP contribution is -2.49. The van der Waals surface area contributed by atoms with E-state index in [2.05, 4.69) is 107 Å². The van der Waals surface area contributed by atoms with Crippen LogP contribution in [0.4, 0.5) is 0 Å². The summed E-state index contributed by atoms with van der Waals surface area (Å²) in [5.41, 5.74) is 1.27. The fraction of sp³-hybridized carbons (Fsp3) is 0.775. The molecule has 1 fully saturated rings. The lowest BCUT2D eigenvalue weighted by Gasteiger charge is -2.44. The summed E-state index contributed by atoms with van der Waals surface area (Å²) in [4.78, 5) is 11.9. The monoisotopic (exact) mass is 693 g/mol. The number of aliphatic hydroxyl groups excluding tert-OH is 1. The smallest absolute Gasteiger partial charge is 0.306 e. The molecule has 0 amide bonds. The average Bonchev–Trinajstić information content (AvgIpc) is 3.00. The van der Waals surface area contributed by atoms with Crippen molar-refractivity contribution in [3.05, 3.63) is 48.6 Å². The maximum atomic E-state index is 11.9. The minimum absolute atomic E-state index is 0.0144. The Labute approximate surface area is 295 Å². The van der Waals surface area contributed by atoms with Gasteiger partial charge in [0, 0.05) is 50.7 Å². The molecule has 1 heterocycles. The first kappa shape index (κ1) is 44.5. The van der Waals surface area contributed by atoms with E-state index in [0.717, 1.165) is 12.8 Å². The molecule has 0 aromatic heterocycles. The molecule has 0 aromatic rings. The van der Waals surface area contributed by atoms with Gasteiger partial charge in [-0.25, -0.2) is 0 Å². The summed E-state index contributed by atoms with van der Waals surface area (Å²) < 4.78 is 30.1. The number of allylic oxidation sites excluding steroid dienone is 3. The molecule has 0 saturated carbocycles. The Morgan fingerprint density at radius 1 is 1.04 bits per heavy atom. The predicted molar refractivity (Wildman–Crippen MR) is 201 cm³/mol. The number of esters is 1. The number of cyclic esters (lactones) is 1. The third-order valence-electron chi connectivity index (χ3n) is 10.7. The molecule has 0 unspecified atom stereocenters. The summed E-state index contributed by atoms with van der Waals surface area (Å²) in [7, 11) is 1.23. The fourth-order valence-electron chi connectivity index (χ4n) is 6.51. The van der Waals surface area contributed by atoms with Crippen LogP contribution >= 0.6 is 0 Å². The highest BCUT2D eigenvalue weighted by Gasteiger charge is 2.43. The Morgan fingerprint density at radius 2 is 1.69 bits per heavy atom. The maximum Gasteiger partial charge on any atom is 0.306 e. The Kier molecular flexibility index (Phi) is 19.4. The molecule has 0 aromatic carbocycles. The number of carbonyl (C=O) groups is 1. The number of carbonyl (C=O) groups excluding carboxylic acids is 1. The van der Waals surface area contributed by atoms with E-state index >= 15 is 0 Å². The molecule has 1 aliphatic rings. The van der Waals surface area contributed by atoms with E-state index in [1.807, 2.05) is 12.2 Å². The van der Waals surface area contributed by atoms with Gasteiger partial charge < -0.3 is 28.5 Å². The van der Waals surface area contributed by atoms with Gasteiger partial charge >= 0.3 is 5.97 Å². The van der Waals surface area contributed by atoms with E-state index in [-0.39, 0.29) is 71.8 Å². The van der Waals surface area contributed by atoms with E-state index in [9.17, 15) is 9.90 Å². The lowest BCUT2D eigenvalue weighted by atomic mass is 9.81. The summed E-state index contributed by atoms with van der Waals surface area (Å²) in [6, 6.07) is 0. The van der Waals surface area contributed by atoms with E-state index in [0.29, 0.717) is 18.8 Å². The van der Waals surface area contributed by atoms with Crippen LogP contribution in [0.15, 0.2) is 48.6 Å². The van der Waals surface area contributed by atoms with Crippen LogP contribution in [0.5, 0.6) is 0 Å². The summed E-state index contributed by atoms with van der Waals surface area (Å²) >= 11 is 0. The highest BCUT2D eigenvalue weighted by molar-refractivity contribution is 6.74. The van der Waals surface area contributed by atoms with Crippen molar-refractivity contribution in [2.75, 3.05) is 21.0 Å². The summed E-state index contributed by atoms with van der Waals surface area (Å²) in [5.74, 6) is 0.504. The Morgan fingerprint density at radius 3 is 2.25 bits per heavy atom. The SMILES string of the molecule is C=C/C=C\[C@H](C)[C@H](O)[C@@H](C)[C@H](O[Si](C)(C)C(C)(C)C)[C@@H](C)C/C(C)=C\[C@H](C)[C@@H](OCOC)[C@@H](C)/C=C\[C@H](C[C@@H]1OC(=O)CC[C@H]1C)OC. The van der Waals surface area contributed by atoms with Crippen LogP contribution in [0, 0.1) is 35.5 Å². The third-order valence-corrected chi connectivity index (χ3v) is 15.1. The fourth-order valence-corrected chi connectivity index (χ4v) is 7.99. The molecule has 0 bridgehead atoms. The van der Waals surface area contributed by atoms with Crippen molar-refractivity contribution in [3.63, 3.8) is 0 Å². The van der Waals surface area contributed by atoms with Crippen molar-refractivity contribution in [3.8, 4) is 0 Å². The maximum absolute atomic E-state index is 11.9. The molecule has 0 radical (unpaired) electrons. The molecule has 1 N–H and O–H groups in total. The molecule has 0 aliphatic carbocycles. The number of rotatable bonds is 21. The van der Waals surface area contributed by atoms with Crippen LogP contribution in [0.1, 0.15) is 94.9 Å². The van der Waals surface area contributed by atoms with Gasteiger partial charge in [0.1, 0.15) is 12.9 Å². The van der Waals surface area contributed by atoms with Gasteiger partial charge in [0.15, 0.2) is 8.32 Å². The first-order chi connectivity index (χ1) is 22.3. The van der Waals surface area contributed by atoms with Crippen molar-refractivity contribution in [2.24, 2.45) is 35.5 Å². The second kappa shape index (κ2) is 21.0. The molecular formula is C40H72O7Si. The third kappa shape index (κ3) is 14.4. The first-order valence-corrected chi connectivity index (χ1v) is 21.0. The van der Waals surface area contributed by atoms with Gasteiger partial charge in [-0.1, -0.05) is 111 Å². The lowest BCUT2D eigenvalue weighted by molar-refractivity contribution is -0.159. The van der Waals surface area contributed by atoms with Crippen LogP contribution < -0.4 is 0 Å². The zero-order valence-corrected chi connectivity index (χ0v) is 34.0. The van der Waals surface area contributed by atoms with Crippen LogP contribution in [-0.4, -0.2) is 70.9 Å². The summed E-state index contributed by atoms with van der Waals surface area (Å²) in [5, 5.41) is 11.5. The van der Waals surface area contributed by atoms with Crippen LogP contribution in [0.3, 0.4) is 0 Å².